The van der Waals surface area contributed by atoms with E-state index in [1.54, 1.807) is 7.11 Å². The van der Waals surface area contributed by atoms with Crippen molar-refractivity contribution in [2.24, 2.45) is 5.92 Å². The molecular weight excluding hydrogens is 266 g/mol. The number of hydrogen-bond donors (Lipinski definition) is 1. The van der Waals surface area contributed by atoms with Crippen LogP contribution in [0.1, 0.15) is 39.5 Å². The van der Waals surface area contributed by atoms with Gasteiger partial charge in [-0.2, -0.15) is 0 Å². The molecule has 4 nitrogen and oxygen atoms in total. The SMILES string of the molecule is CCOC(=O)C1(Nc2ccccc2OC)CCC(CC)C1. The lowest BCUT2D eigenvalue weighted by Gasteiger charge is -2.30. The predicted octanol–water partition coefficient (Wildman–Crippen LogP) is 3.62. The van der Waals surface area contributed by atoms with E-state index in [4.69, 9.17) is 9.47 Å². The number of anilines is 1. The molecule has 0 aliphatic heterocycles. The van der Waals surface area contributed by atoms with Crippen molar-refractivity contribution in [3.63, 3.8) is 0 Å². The quantitative estimate of drug-likeness (QED) is 0.813. The number of methoxy groups -OCH3 is 1. The van der Waals surface area contributed by atoms with E-state index in [1.807, 2.05) is 31.2 Å². The van der Waals surface area contributed by atoms with Crippen LogP contribution in [0.2, 0.25) is 0 Å². The maximum atomic E-state index is 12.5. The zero-order chi connectivity index (χ0) is 15.3. The number of carbonyl (C=O) groups is 1. The van der Waals surface area contributed by atoms with Crippen molar-refractivity contribution >= 4 is 11.7 Å². The maximum absolute atomic E-state index is 12.5. The van der Waals surface area contributed by atoms with Gasteiger partial charge in [0.25, 0.3) is 0 Å². The molecule has 1 saturated carbocycles. The zero-order valence-corrected chi connectivity index (χ0v) is 13.1. The third-order valence-electron chi connectivity index (χ3n) is 4.34. The smallest absolute Gasteiger partial charge is 0.331 e. The highest BCUT2D eigenvalue weighted by molar-refractivity contribution is 5.85. The van der Waals surface area contributed by atoms with Crippen molar-refractivity contribution < 1.29 is 14.3 Å². The van der Waals surface area contributed by atoms with Gasteiger partial charge < -0.3 is 14.8 Å². The minimum Gasteiger partial charge on any atom is -0.495 e. The fourth-order valence-electron chi connectivity index (χ4n) is 3.12. The van der Waals surface area contributed by atoms with Crippen molar-refractivity contribution in [3.8, 4) is 5.75 Å². The van der Waals surface area contributed by atoms with Gasteiger partial charge in [-0.3, -0.25) is 0 Å². The Labute approximate surface area is 126 Å². The second-order valence-electron chi connectivity index (χ2n) is 5.64. The Kier molecular flexibility index (Phi) is 5.10. The first-order chi connectivity index (χ1) is 10.1. The van der Waals surface area contributed by atoms with Crippen molar-refractivity contribution in [1.82, 2.24) is 0 Å². The van der Waals surface area contributed by atoms with Crippen LogP contribution in [0.4, 0.5) is 5.69 Å². The fraction of sp³-hybridized carbons (Fsp3) is 0.588. The molecule has 4 heteroatoms. The molecule has 1 aromatic rings. The van der Waals surface area contributed by atoms with Crippen LogP contribution in [-0.2, 0) is 9.53 Å². The molecule has 2 unspecified atom stereocenters. The standard InChI is InChI=1S/C17H25NO3/c1-4-13-10-11-17(12-13,16(19)21-5-2)18-14-8-6-7-9-15(14)20-3/h6-9,13,18H,4-5,10-12H2,1-3H3. The van der Waals surface area contributed by atoms with Crippen LogP contribution in [0.5, 0.6) is 5.75 Å². The molecule has 116 valence electrons. The molecule has 1 aliphatic carbocycles. The van der Waals surface area contributed by atoms with E-state index in [0.717, 1.165) is 37.1 Å². The van der Waals surface area contributed by atoms with Crippen LogP contribution in [-0.4, -0.2) is 25.2 Å². The molecule has 1 aromatic carbocycles. The van der Waals surface area contributed by atoms with Gasteiger partial charge in [0.05, 0.1) is 19.4 Å². The third kappa shape index (κ3) is 3.31. The first-order valence-corrected chi connectivity index (χ1v) is 7.73. The van der Waals surface area contributed by atoms with Crippen LogP contribution < -0.4 is 10.1 Å². The molecule has 0 bridgehead atoms. The monoisotopic (exact) mass is 291 g/mol. The van der Waals surface area contributed by atoms with Crippen molar-refractivity contribution in [3.05, 3.63) is 24.3 Å². The molecule has 0 saturated heterocycles. The van der Waals surface area contributed by atoms with Gasteiger partial charge in [-0.1, -0.05) is 25.5 Å². The topological polar surface area (TPSA) is 47.6 Å². The van der Waals surface area contributed by atoms with Crippen LogP contribution >= 0.6 is 0 Å². The van der Waals surface area contributed by atoms with Gasteiger partial charge >= 0.3 is 5.97 Å². The van der Waals surface area contributed by atoms with Crippen LogP contribution in [0.3, 0.4) is 0 Å². The summed E-state index contributed by atoms with van der Waals surface area (Å²) in [6.45, 7) is 4.43. The Morgan fingerprint density at radius 2 is 2.14 bits per heavy atom. The summed E-state index contributed by atoms with van der Waals surface area (Å²) >= 11 is 0. The summed E-state index contributed by atoms with van der Waals surface area (Å²) in [4.78, 5) is 12.5. The van der Waals surface area contributed by atoms with Gasteiger partial charge in [-0.25, -0.2) is 4.79 Å². The van der Waals surface area contributed by atoms with Gasteiger partial charge in [-0.15, -0.1) is 0 Å². The summed E-state index contributed by atoms with van der Waals surface area (Å²) < 4.78 is 10.7. The van der Waals surface area contributed by atoms with Gasteiger partial charge in [-0.05, 0) is 44.2 Å². The molecule has 1 aliphatic rings. The average molecular weight is 291 g/mol. The third-order valence-corrected chi connectivity index (χ3v) is 4.34. The molecular formula is C17H25NO3. The average Bonchev–Trinajstić information content (AvgIpc) is 2.93. The minimum absolute atomic E-state index is 0.146. The summed E-state index contributed by atoms with van der Waals surface area (Å²) in [6, 6.07) is 7.70. The van der Waals surface area contributed by atoms with E-state index >= 15 is 0 Å². The zero-order valence-electron chi connectivity index (χ0n) is 13.1. The highest BCUT2D eigenvalue weighted by atomic mass is 16.5. The maximum Gasteiger partial charge on any atom is 0.331 e. The molecule has 0 spiro atoms. The molecule has 0 radical (unpaired) electrons. The Morgan fingerprint density at radius 3 is 2.76 bits per heavy atom. The summed E-state index contributed by atoms with van der Waals surface area (Å²) in [5.41, 5.74) is 0.232. The Hall–Kier alpha value is -1.71. The summed E-state index contributed by atoms with van der Waals surface area (Å²) in [5, 5.41) is 3.42. The van der Waals surface area contributed by atoms with E-state index in [9.17, 15) is 4.79 Å². The molecule has 21 heavy (non-hydrogen) atoms. The molecule has 1 N–H and O–H groups in total. The number of para-hydroxylation sites is 2. The Balaban J connectivity index is 2.26. The normalized spacial score (nSPS) is 24.6. The van der Waals surface area contributed by atoms with Gasteiger partial charge in [0.2, 0.25) is 0 Å². The largest absolute Gasteiger partial charge is 0.495 e. The number of esters is 1. The van der Waals surface area contributed by atoms with Crippen LogP contribution in [0.25, 0.3) is 0 Å². The molecule has 1 fully saturated rings. The van der Waals surface area contributed by atoms with E-state index < -0.39 is 5.54 Å². The fourth-order valence-corrected chi connectivity index (χ4v) is 3.12. The molecule has 2 rings (SSSR count). The van der Waals surface area contributed by atoms with Crippen LogP contribution in [0.15, 0.2) is 24.3 Å². The summed E-state index contributed by atoms with van der Waals surface area (Å²) in [5.74, 6) is 1.17. The lowest BCUT2D eigenvalue weighted by molar-refractivity contribution is -0.148. The van der Waals surface area contributed by atoms with Crippen molar-refractivity contribution in [2.45, 2.75) is 45.1 Å². The number of carbonyl (C=O) groups excluding carboxylic acids is 1. The Bertz CT molecular complexity index is 489. The lowest BCUT2D eigenvalue weighted by Crippen LogP contribution is -2.45. The summed E-state index contributed by atoms with van der Waals surface area (Å²) in [6.07, 6.45) is 3.77. The first kappa shape index (κ1) is 15.7. The molecule has 2 atom stereocenters. The lowest BCUT2D eigenvalue weighted by atomic mass is 9.94. The van der Waals surface area contributed by atoms with E-state index in [1.165, 1.54) is 0 Å². The minimum atomic E-state index is -0.620. The highest BCUT2D eigenvalue weighted by Gasteiger charge is 2.46. The number of benzene rings is 1. The van der Waals surface area contributed by atoms with Crippen molar-refractivity contribution in [2.75, 3.05) is 19.0 Å². The molecule has 0 heterocycles. The van der Waals surface area contributed by atoms with Crippen LogP contribution in [0, 0.1) is 5.92 Å². The van der Waals surface area contributed by atoms with E-state index in [0.29, 0.717) is 12.5 Å². The highest BCUT2D eigenvalue weighted by Crippen LogP contribution is 2.41. The molecule has 0 amide bonds. The predicted molar refractivity (Wildman–Crippen MR) is 83.6 cm³/mol. The van der Waals surface area contributed by atoms with Crippen molar-refractivity contribution in [1.29, 1.82) is 0 Å². The second-order valence-corrected chi connectivity index (χ2v) is 5.64. The van der Waals surface area contributed by atoms with E-state index in [-0.39, 0.29) is 5.97 Å². The van der Waals surface area contributed by atoms with Gasteiger partial charge in [0.15, 0.2) is 0 Å². The number of nitrogens with one attached hydrogen (secondary N) is 1. The van der Waals surface area contributed by atoms with E-state index in [2.05, 4.69) is 12.2 Å². The number of rotatable bonds is 6. The summed E-state index contributed by atoms with van der Waals surface area (Å²) in [7, 11) is 1.64. The second kappa shape index (κ2) is 6.83. The number of ether oxygens (including phenoxy) is 2. The Morgan fingerprint density at radius 1 is 1.38 bits per heavy atom. The first-order valence-electron chi connectivity index (χ1n) is 7.73. The van der Waals surface area contributed by atoms with Gasteiger partial charge in [0.1, 0.15) is 11.3 Å². The van der Waals surface area contributed by atoms with Gasteiger partial charge in [0, 0.05) is 0 Å². The molecule has 0 aromatic heterocycles. The number of hydrogen-bond acceptors (Lipinski definition) is 4.